The van der Waals surface area contributed by atoms with Gasteiger partial charge in [0, 0.05) is 45.3 Å². The summed E-state index contributed by atoms with van der Waals surface area (Å²) in [6.07, 6.45) is 6.22. The van der Waals surface area contributed by atoms with E-state index in [2.05, 4.69) is 35.7 Å². The van der Waals surface area contributed by atoms with Crippen molar-refractivity contribution in [3.05, 3.63) is 83.9 Å². The van der Waals surface area contributed by atoms with E-state index >= 15 is 0 Å². The number of sulfonamides is 1. The Hall–Kier alpha value is -2.68. The summed E-state index contributed by atoms with van der Waals surface area (Å²) >= 11 is 0. The van der Waals surface area contributed by atoms with Gasteiger partial charge in [-0.05, 0) is 55.6 Å². The lowest BCUT2D eigenvalue weighted by Gasteiger charge is -2.39. The fourth-order valence-corrected chi connectivity index (χ4v) is 6.86. The molecule has 1 saturated heterocycles. The summed E-state index contributed by atoms with van der Waals surface area (Å²) in [6.45, 7) is 9.35. The molecule has 2 fully saturated rings. The summed E-state index contributed by atoms with van der Waals surface area (Å²) in [6, 6.07) is 18.6. The third-order valence-corrected chi connectivity index (χ3v) is 9.81. The van der Waals surface area contributed by atoms with E-state index in [1.807, 2.05) is 42.2 Å². The van der Waals surface area contributed by atoms with Crippen LogP contribution in [0.2, 0.25) is 0 Å². The van der Waals surface area contributed by atoms with Crippen LogP contribution in [0.1, 0.15) is 48.3 Å². The monoisotopic (exact) mass is 553 g/mol. The van der Waals surface area contributed by atoms with Crippen molar-refractivity contribution in [2.75, 3.05) is 39.5 Å². The number of ether oxygens (including phenoxy) is 1. The molecule has 2 aromatic rings. The lowest BCUT2D eigenvalue weighted by atomic mass is 9.88. The van der Waals surface area contributed by atoms with E-state index in [0.29, 0.717) is 18.4 Å². The van der Waals surface area contributed by atoms with Gasteiger partial charge < -0.3 is 14.5 Å². The highest BCUT2D eigenvalue weighted by atomic mass is 32.2. The lowest BCUT2D eigenvalue weighted by Crippen LogP contribution is -2.48. The molecule has 1 saturated carbocycles. The first-order valence-electron chi connectivity index (χ1n) is 14.0. The zero-order valence-electron chi connectivity index (χ0n) is 23.5. The van der Waals surface area contributed by atoms with E-state index in [0.717, 1.165) is 50.9 Å². The van der Waals surface area contributed by atoms with Crippen molar-refractivity contribution in [3.8, 4) is 0 Å². The summed E-state index contributed by atoms with van der Waals surface area (Å²) in [7, 11) is -1.53. The predicted octanol–water partition coefficient (Wildman–Crippen LogP) is 5.04. The molecular formula is C31H43N3O4S. The van der Waals surface area contributed by atoms with Gasteiger partial charge >= 0.3 is 6.09 Å². The highest BCUT2D eigenvalue weighted by Gasteiger charge is 2.40. The number of aryl methyl sites for hydroxylation is 1. The molecule has 4 rings (SSSR count). The smallest absolute Gasteiger partial charge is 0.410 e. The second kappa shape index (κ2) is 13.1. The second-order valence-corrected chi connectivity index (χ2v) is 13.2. The molecule has 7 nitrogen and oxygen atoms in total. The summed E-state index contributed by atoms with van der Waals surface area (Å²) in [5.41, 5.74) is 3.44. The molecule has 3 atom stereocenters. The van der Waals surface area contributed by atoms with E-state index < -0.39 is 10.0 Å². The van der Waals surface area contributed by atoms with Crippen LogP contribution in [0.25, 0.3) is 0 Å². The number of carbonyl (C=O) groups is 1. The van der Waals surface area contributed by atoms with Crippen LogP contribution in [0.15, 0.2) is 67.3 Å². The number of rotatable bonds is 10. The zero-order chi connectivity index (χ0) is 28.0. The molecule has 1 heterocycles. The highest BCUT2D eigenvalue weighted by Crippen LogP contribution is 2.42. The van der Waals surface area contributed by atoms with Crippen LogP contribution in [0, 0.1) is 12.8 Å². The number of benzene rings is 2. The molecule has 0 spiro atoms. The average Bonchev–Trinajstić information content (AvgIpc) is 3.35. The van der Waals surface area contributed by atoms with E-state index in [9.17, 15) is 13.2 Å². The van der Waals surface area contributed by atoms with Gasteiger partial charge in [-0.1, -0.05) is 66.2 Å². The lowest BCUT2D eigenvalue weighted by molar-refractivity contribution is 0.0629. The Kier molecular flexibility index (Phi) is 9.86. The molecule has 0 radical (unpaired) electrons. The number of hydrogen-bond acceptors (Lipinski definition) is 5. The number of amides is 1. The predicted molar refractivity (Wildman–Crippen MR) is 156 cm³/mol. The largest absolute Gasteiger partial charge is 0.445 e. The van der Waals surface area contributed by atoms with E-state index in [1.165, 1.54) is 17.4 Å². The van der Waals surface area contributed by atoms with E-state index in [-0.39, 0.29) is 24.8 Å². The van der Waals surface area contributed by atoms with Crippen molar-refractivity contribution in [2.45, 2.75) is 57.2 Å². The summed E-state index contributed by atoms with van der Waals surface area (Å²) < 4.78 is 31.8. The Balaban J connectivity index is 1.35. The molecule has 8 heteroatoms. The first kappa shape index (κ1) is 29.3. The standard InChI is InChI=1S/C31H43N3O4S/c1-5-17-34(31(35)38-23-25-13-11-24(2)12-14-25)28-15-18-33(19-16-28)22-27-20-29(32(3)39(4,36)37)21-30(27)26-9-7-6-8-10-26/h5-14,27-30H,1,15-23H2,2-4H3/t27-,29?,30-/m1/s1. The van der Waals surface area contributed by atoms with Gasteiger partial charge in [0.25, 0.3) is 0 Å². The van der Waals surface area contributed by atoms with Crippen molar-refractivity contribution in [1.82, 2.24) is 14.1 Å². The van der Waals surface area contributed by atoms with Gasteiger partial charge in [-0.25, -0.2) is 17.5 Å². The van der Waals surface area contributed by atoms with Gasteiger partial charge in [-0.2, -0.15) is 0 Å². The van der Waals surface area contributed by atoms with Crippen molar-refractivity contribution in [3.63, 3.8) is 0 Å². The number of hydrogen-bond donors (Lipinski definition) is 0. The molecule has 0 aromatic heterocycles. The number of likely N-dealkylation sites (tertiary alicyclic amines) is 1. The molecule has 1 aliphatic carbocycles. The maximum atomic E-state index is 13.0. The Morgan fingerprint density at radius 2 is 1.72 bits per heavy atom. The van der Waals surface area contributed by atoms with E-state index in [1.54, 1.807) is 17.4 Å². The molecular weight excluding hydrogens is 510 g/mol. The summed E-state index contributed by atoms with van der Waals surface area (Å²) in [4.78, 5) is 17.3. The summed E-state index contributed by atoms with van der Waals surface area (Å²) in [5, 5.41) is 0. The number of nitrogens with zero attached hydrogens (tertiary/aromatic N) is 3. The molecule has 1 unspecified atom stereocenters. The van der Waals surface area contributed by atoms with Crippen molar-refractivity contribution in [1.29, 1.82) is 0 Å². The fraction of sp³-hybridized carbons (Fsp3) is 0.516. The van der Waals surface area contributed by atoms with Crippen molar-refractivity contribution >= 4 is 16.1 Å². The average molecular weight is 554 g/mol. The van der Waals surface area contributed by atoms with Crippen molar-refractivity contribution in [2.24, 2.45) is 5.92 Å². The molecule has 1 aliphatic heterocycles. The minimum Gasteiger partial charge on any atom is -0.445 e. The molecule has 1 amide bonds. The minimum absolute atomic E-state index is 0.0131. The van der Waals surface area contributed by atoms with Crippen LogP contribution >= 0.6 is 0 Å². The van der Waals surface area contributed by atoms with Gasteiger partial charge in [0.2, 0.25) is 10.0 Å². The molecule has 2 aliphatic rings. The minimum atomic E-state index is -3.24. The Morgan fingerprint density at radius 1 is 1.05 bits per heavy atom. The molecule has 39 heavy (non-hydrogen) atoms. The van der Waals surface area contributed by atoms with Crippen LogP contribution < -0.4 is 0 Å². The maximum Gasteiger partial charge on any atom is 0.410 e. The highest BCUT2D eigenvalue weighted by molar-refractivity contribution is 7.88. The number of piperidine rings is 1. The topological polar surface area (TPSA) is 70.2 Å². The van der Waals surface area contributed by atoms with Crippen LogP contribution in [0.3, 0.4) is 0 Å². The van der Waals surface area contributed by atoms with E-state index in [4.69, 9.17) is 4.74 Å². The Labute approximate surface area is 234 Å². The van der Waals surface area contributed by atoms with Gasteiger partial charge in [-0.15, -0.1) is 6.58 Å². The van der Waals surface area contributed by atoms with Crippen LogP contribution in [0.4, 0.5) is 4.79 Å². The van der Waals surface area contributed by atoms with Crippen LogP contribution in [-0.2, 0) is 21.4 Å². The normalized spacial score (nSPS) is 22.6. The first-order valence-corrected chi connectivity index (χ1v) is 15.8. The van der Waals surface area contributed by atoms with Gasteiger partial charge in [0.05, 0.1) is 6.26 Å². The summed E-state index contributed by atoms with van der Waals surface area (Å²) in [5.74, 6) is 0.703. The fourth-order valence-electron chi connectivity index (χ4n) is 6.14. The quantitative estimate of drug-likeness (QED) is 0.386. The van der Waals surface area contributed by atoms with Gasteiger partial charge in [-0.3, -0.25) is 0 Å². The number of carbonyl (C=O) groups excluding carboxylic acids is 1. The Bertz CT molecular complexity index is 1190. The SMILES string of the molecule is C=CCN(C(=O)OCc1ccc(C)cc1)C1CCN(C[C@H]2CC(N(C)S(C)(=O)=O)C[C@@H]2c2ccccc2)CC1. The third-order valence-electron chi connectivity index (χ3n) is 8.47. The van der Waals surface area contributed by atoms with Gasteiger partial charge in [0.15, 0.2) is 0 Å². The van der Waals surface area contributed by atoms with Crippen LogP contribution in [-0.4, -0.2) is 80.2 Å². The van der Waals surface area contributed by atoms with Gasteiger partial charge in [0.1, 0.15) is 6.61 Å². The zero-order valence-corrected chi connectivity index (χ0v) is 24.4. The second-order valence-electron chi connectivity index (χ2n) is 11.2. The van der Waals surface area contributed by atoms with Crippen LogP contribution in [0.5, 0.6) is 0 Å². The third kappa shape index (κ3) is 7.71. The van der Waals surface area contributed by atoms with Crippen molar-refractivity contribution < 1.29 is 17.9 Å². The molecule has 2 aromatic carbocycles. The molecule has 0 N–H and O–H groups in total. The first-order chi connectivity index (χ1) is 18.7. The molecule has 212 valence electrons. The maximum absolute atomic E-state index is 13.0. The Morgan fingerprint density at radius 3 is 2.33 bits per heavy atom. The molecule has 0 bridgehead atoms.